The smallest absolute Gasteiger partial charge is 0.341 e. The molecule has 0 radical (unpaired) electrons. The molecule has 1 heterocycles. The first-order chi connectivity index (χ1) is 14.0. The first-order valence-electron chi connectivity index (χ1n) is 9.82. The molecule has 1 aliphatic carbocycles. The minimum atomic E-state index is -0.995. The van der Waals surface area contributed by atoms with Gasteiger partial charge in [0.05, 0.1) is 12.8 Å². The van der Waals surface area contributed by atoms with E-state index in [1.54, 1.807) is 0 Å². The van der Waals surface area contributed by atoms with E-state index >= 15 is 0 Å². The number of carbonyl (C=O) groups excluding carboxylic acids is 4. The second-order valence-corrected chi connectivity index (χ2v) is 9.00. The van der Waals surface area contributed by atoms with Crippen LogP contribution in [-0.2, 0) is 14.3 Å². The van der Waals surface area contributed by atoms with Crippen LogP contribution in [0, 0.1) is 11.3 Å². The van der Waals surface area contributed by atoms with Gasteiger partial charge in [-0.1, -0.05) is 26.8 Å². The van der Waals surface area contributed by atoms with E-state index in [4.69, 9.17) is 0 Å². The molecule has 1 saturated carbocycles. The molecular formula is C21H27N3O6. The van der Waals surface area contributed by atoms with E-state index in [-0.39, 0.29) is 22.6 Å². The van der Waals surface area contributed by atoms with Crippen LogP contribution < -0.4 is 10.6 Å². The number of anilines is 1. The van der Waals surface area contributed by atoms with Gasteiger partial charge < -0.3 is 20.5 Å². The van der Waals surface area contributed by atoms with E-state index in [2.05, 4.69) is 36.1 Å². The fourth-order valence-corrected chi connectivity index (χ4v) is 4.90. The van der Waals surface area contributed by atoms with Gasteiger partial charge in [0.15, 0.2) is 5.75 Å². The maximum absolute atomic E-state index is 13.1. The summed E-state index contributed by atoms with van der Waals surface area (Å²) in [5.41, 5.74) is -1.23. The molecular weight excluding hydrogens is 390 g/mol. The van der Waals surface area contributed by atoms with Crippen LogP contribution in [0.5, 0.6) is 5.75 Å². The molecule has 30 heavy (non-hydrogen) atoms. The van der Waals surface area contributed by atoms with E-state index in [0.717, 1.165) is 11.3 Å². The van der Waals surface area contributed by atoms with Crippen LogP contribution in [0.3, 0.4) is 0 Å². The molecule has 9 heteroatoms. The molecule has 3 rings (SSSR count). The second-order valence-electron chi connectivity index (χ2n) is 9.00. The Morgan fingerprint density at radius 2 is 2.00 bits per heavy atom. The van der Waals surface area contributed by atoms with Gasteiger partial charge in [0, 0.05) is 0 Å². The number of ether oxygens (including phenoxy) is 1. The molecule has 1 aliphatic heterocycles. The van der Waals surface area contributed by atoms with Crippen LogP contribution in [-0.4, -0.2) is 53.0 Å². The standard InChI is InChI=1S/C21H27N3O6/c1-12-8-20(2,3)11-21(9-12)18(28)24(19(29)23-21)10-15(25)22-14-7-5-6-13(16(14)26)17(27)30-4/h5-7,12,26H,8-11H2,1-4H3,(H,22,25)(H,23,29). The first-order valence-corrected chi connectivity index (χ1v) is 9.82. The van der Waals surface area contributed by atoms with Gasteiger partial charge in [-0.05, 0) is 42.7 Å². The number of hydrogen-bond donors (Lipinski definition) is 3. The number of methoxy groups -OCH3 is 1. The number of aromatic hydroxyl groups is 1. The molecule has 3 N–H and O–H groups in total. The molecule has 2 unspecified atom stereocenters. The summed E-state index contributed by atoms with van der Waals surface area (Å²) in [6.45, 7) is 5.68. The number of benzene rings is 1. The van der Waals surface area contributed by atoms with Gasteiger partial charge in [-0.25, -0.2) is 9.59 Å². The molecule has 1 saturated heterocycles. The summed E-state index contributed by atoms with van der Waals surface area (Å²) in [6.07, 6.45) is 1.99. The zero-order valence-electron chi connectivity index (χ0n) is 17.6. The Hall–Kier alpha value is -3.10. The fraction of sp³-hybridized carbons (Fsp3) is 0.524. The third kappa shape index (κ3) is 3.96. The Morgan fingerprint density at radius 3 is 2.63 bits per heavy atom. The Balaban J connectivity index is 1.74. The average molecular weight is 417 g/mol. The zero-order chi connectivity index (χ0) is 22.3. The van der Waals surface area contributed by atoms with Gasteiger partial charge in [0.1, 0.15) is 17.6 Å². The number of carbonyl (C=O) groups is 4. The number of nitrogens with one attached hydrogen (secondary N) is 2. The SMILES string of the molecule is COC(=O)c1cccc(NC(=O)CN2C(=O)NC3(CC(C)CC(C)(C)C3)C2=O)c1O. The molecule has 4 amide bonds. The molecule has 2 fully saturated rings. The van der Waals surface area contributed by atoms with Gasteiger partial charge in [-0.15, -0.1) is 0 Å². The number of imide groups is 1. The lowest BCUT2D eigenvalue weighted by Crippen LogP contribution is -2.54. The summed E-state index contributed by atoms with van der Waals surface area (Å²) < 4.78 is 4.58. The summed E-state index contributed by atoms with van der Waals surface area (Å²) in [4.78, 5) is 50.7. The molecule has 9 nitrogen and oxygen atoms in total. The third-order valence-electron chi connectivity index (χ3n) is 5.64. The Kier molecular flexibility index (Phi) is 5.49. The summed E-state index contributed by atoms with van der Waals surface area (Å²) >= 11 is 0. The molecule has 1 spiro atoms. The number of phenols is 1. The second kappa shape index (κ2) is 7.62. The number of phenolic OH excluding ortho intramolecular Hbond substituents is 1. The Labute approximate surface area is 174 Å². The summed E-state index contributed by atoms with van der Waals surface area (Å²) in [5.74, 6) is -2.03. The molecule has 1 aromatic rings. The van der Waals surface area contributed by atoms with E-state index < -0.39 is 41.6 Å². The summed E-state index contributed by atoms with van der Waals surface area (Å²) in [5, 5.41) is 15.5. The van der Waals surface area contributed by atoms with E-state index in [1.165, 1.54) is 25.3 Å². The van der Waals surface area contributed by atoms with Crippen molar-refractivity contribution in [2.75, 3.05) is 19.0 Å². The van der Waals surface area contributed by atoms with Crippen molar-refractivity contribution in [3.05, 3.63) is 23.8 Å². The van der Waals surface area contributed by atoms with Crippen LogP contribution in [0.15, 0.2) is 18.2 Å². The summed E-state index contributed by atoms with van der Waals surface area (Å²) in [7, 11) is 1.17. The van der Waals surface area contributed by atoms with Crippen molar-refractivity contribution < 1.29 is 29.0 Å². The first kappa shape index (κ1) is 21.6. The predicted octanol–water partition coefficient (Wildman–Crippen LogP) is 2.25. The average Bonchev–Trinajstić information content (AvgIpc) is 2.84. The fourth-order valence-electron chi connectivity index (χ4n) is 4.90. The van der Waals surface area contributed by atoms with Crippen molar-refractivity contribution in [1.29, 1.82) is 0 Å². The highest BCUT2D eigenvalue weighted by Crippen LogP contribution is 2.46. The lowest BCUT2D eigenvalue weighted by molar-refractivity contribution is -0.136. The van der Waals surface area contributed by atoms with Gasteiger partial charge in [-0.2, -0.15) is 0 Å². The number of esters is 1. The topological polar surface area (TPSA) is 125 Å². The third-order valence-corrected chi connectivity index (χ3v) is 5.64. The van der Waals surface area contributed by atoms with Crippen molar-refractivity contribution in [2.24, 2.45) is 11.3 Å². The zero-order valence-corrected chi connectivity index (χ0v) is 17.6. The number of urea groups is 1. The van der Waals surface area contributed by atoms with E-state index in [9.17, 15) is 24.3 Å². The van der Waals surface area contributed by atoms with Crippen molar-refractivity contribution in [1.82, 2.24) is 10.2 Å². The quantitative estimate of drug-likeness (QED) is 0.392. The van der Waals surface area contributed by atoms with Gasteiger partial charge in [0.25, 0.3) is 5.91 Å². The van der Waals surface area contributed by atoms with Crippen LogP contribution in [0.1, 0.15) is 50.4 Å². The van der Waals surface area contributed by atoms with Crippen LogP contribution in [0.2, 0.25) is 0 Å². The maximum Gasteiger partial charge on any atom is 0.341 e. The number of hydrogen-bond acceptors (Lipinski definition) is 6. The van der Waals surface area contributed by atoms with Crippen molar-refractivity contribution in [3.63, 3.8) is 0 Å². The largest absolute Gasteiger partial charge is 0.505 e. The molecule has 0 aromatic heterocycles. The highest BCUT2D eigenvalue weighted by molar-refractivity contribution is 6.10. The Morgan fingerprint density at radius 1 is 1.30 bits per heavy atom. The van der Waals surface area contributed by atoms with Crippen LogP contribution >= 0.6 is 0 Å². The maximum atomic E-state index is 13.1. The van der Waals surface area contributed by atoms with Gasteiger partial charge in [-0.3, -0.25) is 14.5 Å². The van der Waals surface area contributed by atoms with E-state index in [0.29, 0.717) is 12.8 Å². The molecule has 2 atom stereocenters. The van der Waals surface area contributed by atoms with Crippen molar-refractivity contribution >= 4 is 29.5 Å². The van der Waals surface area contributed by atoms with Crippen LogP contribution in [0.4, 0.5) is 10.5 Å². The number of para-hydroxylation sites is 1. The predicted molar refractivity (Wildman–Crippen MR) is 108 cm³/mol. The Bertz CT molecular complexity index is 912. The molecule has 0 bridgehead atoms. The lowest BCUT2D eigenvalue weighted by atomic mass is 9.64. The van der Waals surface area contributed by atoms with Crippen molar-refractivity contribution in [2.45, 2.75) is 45.6 Å². The van der Waals surface area contributed by atoms with Gasteiger partial charge >= 0.3 is 12.0 Å². The normalized spacial score (nSPS) is 25.2. The molecule has 1 aromatic carbocycles. The highest BCUT2D eigenvalue weighted by Gasteiger charge is 2.56. The van der Waals surface area contributed by atoms with E-state index in [1.807, 2.05) is 0 Å². The minimum absolute atomic E-state index is 0.0166. The minimum Gasteiger partial charge on any atom is -0.505 e. The van der Waals surface area contributed by atoms with Gasteiger partial charge in [0.2, 0.25) is 5.91 Å². The summed E-state index contributed by atoms with van der Waals surface area (Å²) in [6, 6.07) is 3.62. The monoisotopic (exact) mass is 417 g/mol. The number of amides is 4. The molecule has 162 valence electrons. The molecule has 2 aliphatic rings. The van der Waals surface area contributed by atoms with Crippen molar-refractivity contribution in [3.8, 4) is 5.75 Å². The van der Waals surface area contributed by atoms with Crippen LogP contribution in [0.25, 0.3) is 0 Å². The highest BCUT2D eigenvalue weighted by atomic mass is 16.5. The number of nitrogens with zero attached hydrogens (tertiary/aromatic N) is 1. The number of rotatable bonds is 4. The lowest BCUT2D eigenvalue weighted by Gasteiger charge is -2.43.